The molecular formula is C15H15ClFN3O. The molecule has 4 nitrogen and oxygen atoms in total. The Morgan fingerprint density at radius 1 is 1.33 bits per heavy atom. The lowest BCUT2D eigenvalue weighted by Gasteiger charge is -2.10. The number of halogens is 2. The fourth-order valence-corrected chi connectivity index (χ4v) is 2.06. The summed E-state index contributed by atoms with van der Waals surface area (Å²) in [6, 6.07) is 5.72. The molecule has 0 bridgehead atoms. The van der Waals surface area contributed by atoms with E-state index in [0.29, 0.717) is 11.6 Å². The second-order valence-corrected chi connectivity index (χ2v) is 5.37. The highest BCUT2D eigenvalue weighted by Gasteiger charge is 2.17. The van der Waals surface area contributed by atoms with Crippen LogP contribution in [0.15, 0.2) is 24.3 Å². The molecule has 1 heterocycles. The fraction of sp³-hybridized carbons (Fsp3) is 0.267. The number of hydrogen-bond donors (Lipinski definition) is 1. The molecule has 2 rings (SSSR count). The van der Waals surface area contributed by atoms with E-state index in [9.17, 15) is 9.18 Å². The van der Waals surface area contributed by atoms with E-state index < -0.39 is 11.7 Å². The molecule has 0 aliphatic rings. The molecule has 1 aromatic heterocycles. The highest BCUT2D eigenvalue weighted by molar-refractivity contribution is 6.34. The summed E-state index contributed by atoms with van der Waals surface area (Å²) in [7, 11) is 0. The van der Waals surface area contributed by atoms with Crippen LogP contribution in [0.2, 0.25) is 5.02 Å². The number of aryl methyl sites for hydroxylation is 1. The Balaban J connectivity index is 2.32. The minimum atomic E-state index is -0.671. The average molecular weight is 308 g/mol. The van der Waals surface area contributed by atoms with Gasteiger partial charge in [-0.15, -0.1) is 0 Å². The highest BCUT2D eigenvalue weighted by Crippen LogP contribution is 2.21. The van der Waals surface area contributed by atoms with Crippen molar-refractivity contribution in [2.75, 3.05) is 5.32 Å². The van der Waals surface area contributed by atoms with Gasteiger partial charge in [-0.05, 0) is 19.1 Å². The third-order valence-corrected chi connectivity index (χ3v) is 3.13. The maximum absolute atomic E-state index is 13.7. The van der Waals surface area contributed by atoms with Crippen molar-refractivity contribution >= 4 is 23.3 Å². The Labute approximate surface area is 127 Å². The molecule has 1 N–H and O–H groups in total. The first kappa shape index (κ1) is 15.4. The summed E-state index contributed by atoms with van der Waals surface area (Å²) >= 11 is 5.87. The van der Waals surface area contributed by atoms with Crippen molar-refractivity contribution in [1.29, 1.82) is 0 Å². The Kier molecular flexibility index (Phi) is 4.53. The first-order chi connectivity index (χ1) is 9.88. The maximum atomic E-state index is 13.7. The number of rotatable bonds is 3. The summed E-state index contributed by atoms with van der Waals surface area (Å²) in [6.45, 7) is 5.71. The average Bonchev–Trinajstić information content (AvgIpc) is 2.37. The molecular weight excluding hydrogens is 293 g/mol. The maximum Gasteiger partial charge on any atom is 0.261 e. The second-order valence-electron chi connectivity index (χ2n) is 4.96. The third kappa shape index (κ3) is 3.55. The lowest BCUT2D eigenvalue weighted by atomic mass is 10.2. The van der Waals surface area contributed by atoms with E-state index in [2.05, 4.69) is 15.3 Å². The molecule has 0 fully saturated rings. The lowest BCUT2D eigenvalue weighted by Crippen LogP contribution is -2.16. The van der Waals surface area contributed by atoms with Crippen LogP contribution in [0.25, 0.3) is 0 Å². The molecule has 110 valence electrons. The Hall–Kier alpha value is -2.01. The monoisotopic (exact) mass is 307 g/mol. The molecule has 0 aliphatic heterocycles. The molecule has 2 aromatic rings. The van der Waals surface area contributed by atoms with Crippen molar-refractivity contribution in [3.05, 3.63) is 52.2 Å². The largest absolute Gasteiger partial charge is 0.306 e. The van der Waals surface area contributed by atoms with Crippen LogP contribution < -0.4 is 5.32 Å². The summed E-state index contributed by atoms with van der Waals surface area (Å²) in [4.78, 5) is 20.7. The molecule has 0 radical (unpaired) electrons. The van der Waals surface area contributed by atoms with Crippen molar-refractivity contribution in [3.8, 4) is 0 Å². The summed E-state index contributed by atoms with van der Waals surface area (Å²) in [5, 5.41) is 2.62. The first-order valence-electron chi connectivity index (χ1n) is 6.49. The second kappa shape index (κ2) is 6.18. The zero-order valence-electron chi connectivity index (χ0n) is 11.9. The molecule has 1 amide bonds. The predicted molar refractivity (Wildman–Crippen MR) is 80.2 cm³/mol. The van der Waals surface area contributed by atoms with Crippen LogP contribution in [0.1, 0.15) is 41.6 Å². The van der Waals surface area contributed by atoms with E-state index in [1.165, 1.54) is 18.2 Å². The van der Waals surface area contributed by atoms with Crippen molar-refractivity contribution in [3.63, 3.8) is 0 Å². The van der Waals surface area contributed by atoms with Gasteiger partial charge in [0.05, 0.1) is 10.6 Å². The van der Waals surface area contributed by atoms with Gasteiger partial charge in [-0.1, -0.05) is 31.5 Å². The molecule has 0 spiro atoms. The number of nitrogens with zero attached hydrogens (tertiary/aromatic N) is 2. The molecule has 0 unspecified atom stereocenters. The van der Waals surface area contributed by atoms with Crippen LogP contribution in [-0.2, 0) is 0 Å². The van der Waals surface area contributed by atoms with Crippen LogP contribution in [0.4, 0.5) is 10.2 Å². The van der Waals surface area contributed by atoms with E-state index in [4.69, 9.17) is 11.6 Å². The molecule has 1 aromatic carbocycles. The molecule has 6 heteroatoms. The van der Waals surface area contributed by atoms with Gasteiger partial charge in [-0.2, -0.15) is 0 Å². The number of anilines is 1. The number of nitrogens with one attached hydrogen (secondary N) is 1. The molecule has 0 saturated heterocycles. The molecule has 0 saturated carbocycles. The zero-order chi connectivity index (χ0) is 15.6. The van der Waals surface area contributed by atoms with Crippen LogP contribution in [0.5, 0.6) is 0 Å². The highest BCUT2D eigenvalue weighted by atomic mass is 35.5. The van der Waals surface area contributed by atoms with Gasteiger partial charge in [0.2, 0.25) is 0 Å². The molecule has 0 atom stereocenters. The van der Waals surface area contributed by atoms with Crippen molar-refractivity contribution < 1.29 is 9.18 Å². The summed E-state index contributed by atoms with van der Waals surface area (Å²) in [6.07, 6.45) is 0. The van der Waals surface area contributed by atoms with Crippen LogP contribution in [0, 0.1) is 12.7 Å². The van der Waals surface area contributed by atoms with Gasteiger partial charge in [-0.25, -0.2) is 14.4 Å². The number of aromatic nitrogens is 2. The topological polar surface area (TPSA) is 54.9 Å². The third-order valence-electron chi connectivity index (χ3n) is 2.82. The first-order valence-corrected chi connectivity index (χ1v) is 6.87. The van der Waals surface area contributed by atoms with Crippen LogP contribution in [0.3, 0.4) is 0 Å². The standard InChI is InChI=1S/C15H15ClFN3O/c1-8(2)14-18-9(3)7-12(19-14)20-15(21)13-10(16)5-4-6-11(13)17/h4-8H,1-3H3,(H,18,19,20,21). The summed E-state index contributed by atoms with van der Waals surface area (Å²) < 4.78 is 13.7. The Morgan fingerprint density at radius 3 is 2.67 bits per heavy atom. The van der Waals surface area contributed by atoms with Gasteiger partial charge >= 0.3 is 0 Å². The van der Waals surface area contributed by atoms with E-state index in [1.807, 2.05) is 13.8 Å². The summed E-state index contributed by atoms with van der Waals surface area (Å²) in [5.41, 5.74) is 0.533. The van der Waals surface area contributed by atoms with E-state index in [0.717, 1.165) is 5.69 Å². The summed E-state index contributed by atoms with van der Waals surface area (Å²) in [5.74, 6) is -0.237. The molecule has 0 aliphatic carbocycles. The SMILES string of the molecule is Cc1cc(NC(=O)c2c(F)cccc2Cl)nc(C(C)C)n1. The lowest BCUT2D eigenvalue weighted by molar-refractivity contribution is 0.102. The minimum Gasteiger partial charge on any atom is -0.306 e. The number of benzene rings is 1. The number of carbonyl (C=O) groups excluding carboxylic acids is 1. The number of carbonyl (C=O) groups is 1. The van der Waals surface area contributed by atoms with Gasteiger partial charge < -0.3 is 5.32 Å². The van der Waals surface area contributed by atoms with E-state index in [1.54, 1.807) is 13.0 Å². The number of hydrogen-bond acceptors (Lipinski definition) is 3. The normalized spacial score (nSPS) is 10.8. The Morgan fingerprint density at radius 2 is 2.05 bits per heavy atom. The van der Waals surface area contributed by atoms with Crippen LogP contribution in [-0.4, -0.2) is 15.9 Å². The van der Waals surface area contributed by atoms with Gasteiger partial charge in [0, 0.05) is 17.7 Å². The van der Waals surface area contributed by atoms with Gasteiger partial charge in [0.15, 0.2) is 0 Å². The van der Waals surface area contributed by atoms with Crippen molar-refractivity contribution in [2.24, 2.45) is 0 Å². The van der Waals surface area contributed by atoms with E-state index >= 15 is 0 Å². The van der Waals surface area contributed by atoms with Gasteiger partial charge in [0.1, 0.15) is 17.5 Å². The van der Waals surface area contributed by atoms with E-state index in [-0.39, 0.29) is 16.5 Å². The fourth-order valence-electron chi connectivity index (χ4n) is 1.81. The number of amides is 1. The predicted octanol–water partition coefficient (Wildman–Crippen LogP) is 3.95. The molecule has 21 heavy (non-hydrogen) atoms. The minimum absolute atomic E-state index is 0.0577. The van der Waals surface area contributed by atoms with Gasteiger partial charge in [0.25, 0.3) is 5.91 Å². The smallest absolute Gasteiger partial charge is 0.261 e. The van der Waals surface area contributed by atoms with Crippen molar-refractivity contribution in [2.45, 2.75) is 26.7 Å². The quantitative estimate of drug-likeness (QED) is 0.934. The van der Waals surface area contributed by atoms with Gasteiger partial charge in [-0.3, -0.25) is 4.79 Å². The zero-order valence-corrected chi connectivity index (χ0v) is 12.7. The Bertz CT molecular complexity index is 668. The van der Waals surface area contributed by atoms with Crippen LogP contribution >= 0.6 is 11.6 Å². The van der Waals surface area contributed by atoms with Crippen molar-refractivity contribution in [1.82, 2.24) is 9.97 Å².